The second kappa shape index (κ2) is 7.63. The highest BCUT2D eigenvalue weighted by atomic mass is 32.2. The van der Waals surface area contributed by atoms with Gasteiger partial charge in [-0.25, -0.2) is 0 Å². The first kappa shape index (κ1) is 16.7. The number of nitrogens with one attached hydrogen (secondary N) is 1. The molecule has 0 aliphatic carbocycles. The van der Waals surface area contributed by atoms with E-state index in [1.807, 2.05) is 31.2 Å². The molecule has 0 unspecified atom stereocenters. The number of carbonyl (C=O) groups is 2. The molecular weight excluding hydrogens is 348 g/mol. The first-order valence-electron chi connectivity index (χ1n) is 7.45. The zero-order valence-electron chi connectivity index (χ0n) is 13.0. The van der Waals surface area contributed by atoms with E-state index in [-0.39, 0.29) is 24.8 Å². The van der Waals surface area contributed by atoms with Crippen molar-refractivity contribution in [1.29, 1.82) is 0 Å². The van der Waals surface area contributed by atoms with Crippen LogP contribution in [-0.4, -0.2) is 40.9 Å². The summed E-state index contributed by atoms with van der Waals surface area (Å²) < 4.78 is 6.21. The van der Waals surface area contributed by atoms with Gasteiger partial charge >= 0.3 is 0 Å². The average Bonchev–Trinajstić information content (AvgIpc) is 3.01. The maximum Gasteiger partial charge on any atom is 0.265 e. The number of hydrogen-bond donors (Lipinski definition) is 1. The van der Waals surface area contributed by atoms with Gasteiger partial charge in [0.1, 0.15) is 5.75 Å². The quantitative estimate of drug-likeness (QED) is 0.626. The first-order valence-corrected chi connectivity index (χ1v) is 9.26. The van der Waals surface area contributed by atoms with E-state index in [4.69, 9.17) is 4.74 Å². The summed E-state index contributed by atoms with van der Waals surface area (Å²) in [5.41, 5.74) is 0.694. The molecule has 0 radical (unpaired) electrons. The molecule has 7 nitrogen and oxygen atoms in total. The summed E-state index contributed by atoms with van der Waals surface area (Å²) in [6.45, 7) is 2.31. The van der Waals surface area contributed by atoms with Gasteiger partial charge in [-0.2, -0.15) is 0 Å². The van der Waals surface area contributed by atoms with Crippen molar-refractivity contribution in [2.75, 3.05) is 29.1 Å². The molecular formula is C15H16N4O3S2. The average molecular weight is 364 g/mol. The van der Waals surface area contributed by atoms with E-state index in [0.29, 0.717) is 23.1 Å². The van der Waals surface area contributed by atoms with Crippen molar-refractivity contribution in [3.05, 3.63) is 24.3 Å². The first-order chi connectivity index (χ1) is 11.7. The molecule has 0 atom stereocenters. The number of hydrogen-bond acceptors (Lipinski definition) is 7. The van der Waals surface area contributed by atoms with Crippen LogP contribution in [0.15, 0.2) is 28.6 Å². The van der Waals surface area contributed by atoms with Crippen molar-refractivity contribution in [3.8, 4) is 5.75 Å². The maximum absolute atomic E-state index is 12.1. The number of para-hydroxylation sites is 2. The molecule has 1 aromatic heterocycles. The second-order valence-electron chi connectivity index (χ2n) is 4.91. The molecule has 9 heteroatoms. The van der Waals surface area contributed by atoms with E-state index in [1.165, 1.54) is 11.3 Å². The molecule has 24 heavy (non-hydrogen) atoms. The van der Waals surface area contributed by atoms with Crippen LogP contribution in [0, 0.1) is 0 Å². The normalized spacial score (nSPS) is 13.4. The lowest BCUT2D eigenvalue weighted by molar-refractivity contribution is -0.121. The molecule has 1 N–H and O–H groups in total. The number of aromatic nitrogens is 2. The fourth-order valence-corrected chi connectivity index (χ4v) is 3.90. The van der Waals surface area contributed by atoms with E-state index in [1.54, 1.807) is 16.7 Å². The summed E-state index contributed by atoms with van der Waals surface area (Å²) >= 11 is 2.92. The van der Waals surface area contributed by atoms with Gasteiger partial charge in [-0.1, -0.05) is 42.2 Å². The lowest BCUT2D eigenvalue weighted by Crippen LogP contribution is -2.40. The highest BCUT2D eigenvalue weighted by molar-refractivity contribution is 8.01. The Morgan fingerprint density at radius 2 is 2.25 bits per heavy atom. The summed E-state index contributed by atoms with van der Waals surface area (Å²) in [5.74, 6) is 1.21. The van der Waals surface area contributed by atoms with Gasteiger partial charge < -0.3 is 15.0 Å². The Kier molecular flexibility index (Phi) is 5.31. The minimum Gasteiger partial charge on any atom is -0.482 e. The topological polar surface area (TPSA) is 84.4 Å². The lowest BCUT2D eigenvalue weighted by atomic mass is 10.2. The SMILES string of the molecule is CCSc1nnc(NC(=O)CCN2C(=O)COc3ccccc32)s1. The van der Waals surface area contributed by atoms with E-state index in [2.05, 4.69) is 15.5 Å². The van der Waals surface area contributed by atoms with Crippen molar-refractivity contribution in [1.82, 2.24) is 10.2 Å². The molecule has 1 aromatic carbocycles. The number of benzene rings is 1. The van der Waals surface area contributed by atoms with Crippen molar-refractivity contribution >= 4 is 45.7 Å². The summed E-state index contributed by atoms with van der Waals surface area (Å²) in [4.78, 5) is 25.7. The van der Waals surface area contributed by atoms with E-state index in [0.717, 1.165) is 10.1 Å². The second-order valence-corrected chi connectivity index (χ2v) is 7.39. The molecule has 0 saturated heterocycles. The van der Waals surface area contributed by atoms with Crippen LogP contribution in [0.25, 0.3) is 0 Å². The number of thioether (sulfide) groups is 1. The molecule has 2 heterocycles. The Hall–Kier alpha value is -2.13. The van der Waals surface area contributed by atoms with Gasteiger partial charge in [-0.3, -0.25) is 9.59 Å². The molecule has 1 aliphatic rings. The molecule has 1 aliphatic heterocycles. The Labute approximate surface area is 147 Å². The summed E-state index contributed by atoms with van der Waals surface area (Å²) in [6, 6.07) is 7.30. The smallest absolute Gasteiger partial charge is 0.265 e. The zero-order chi connectivity index (χ0) is 16.9. The summed E-state index contributed by atoms with van der Waals surface area (Å²) in [7, 11) is 0. The van der Waals surface area contributed by atoms with E-state index in [9.17, 15) is 9.59 Å². The number of amides is 2. The predicted octanol–water partition coefficient (Wildman–Crippen LogP) is 2.40. The van der Waals surface area contributed by atoms with Crippen LogP contribution < -0.4 is 15.0 Å². The van der Waals surface area contributed by atoms with Gasteiger partial charge in [0, 0.05) is 13.0 Å². The van der Waals surface area contributed by atoms with Gasteiger partial charge in [0.05, 0.1) is 5.69 Å². The predicted molar refractivity (Wildman–Crippen MR) is 93.8 cm³/mol. The number of rotatable bonds is 6. The fraction of sp³-hybridized carbons (Fsp3) is 0.333. The van der Waals surface area contributed by atoms with Crippen LogP contribution >= 0.6 is 23.1 Å². The third-order valence-corrected chi connectivity index (χ3v) is 5.15. The van der Waals surface area contributed by atoms with Gasteiger partial charge in [0.15, 0.2) is 10.9 Å². The van der Waals surface area contributed by atoms with Gasteiger partial charge in [-0.15, -0.1) is 10.2 Å². The minimum atomic E-state index is -0.198. The number of ether oxygens (including phenoxy) is 1. The van der Waals surface area contributed by atoms with Crippen LogP contribution in [0.1, 0.15) is 13.3 Å². The third-order valence-electron chi connectivity index (χ3n) is 3.29. The molecule has 0 fully saturated rings. The van der Waals surface area contributed by atoms with Gasteiger partial charge in [0.2, 0.25) is 11.0 Å². The molecule has 2 aromatic rings. The Balaban J connectivity index is 1.58. The highest BCUT2D eigenvalue weighted by Gasteiger charge is 2.25. The Morgan fingerprint density at radius 1 is 1.42 bits per heavy atom. The maximum atomic E-state index is 12.1. The monoisotopic (exact) mass is 364 g/mol. The molecule has 0 bridgehead atoms. The molecule has 3 rings (SSSR count). The highest BCUT2D eigenvalue weighted by Crippen LogP contribution is 2.31. The fourth-order valence-electron chi connectivity index (χ4n) is 2.24. The number of anilines is 2. The standard InChI is InChI=1S/C15H16N4O3S2/c1-2-23-15-18-17-14(24-15)16-12(20)7-8-19-10-5-3-4-6-11(10)22-9-13(19)21/h3-6H,2,7-9H2,1H3,(H,16,17,20). The Bertz CT molecular complexity index is 750. The molecule has 2 amide bonds. The van der Waals surface area contributed by atoms with Crippen LogP contribution in [0.4, 0.5) is 10.8 Å². The largest absolute Gasteiger partial charge is 0.482 e. The van der Waals surface area contributed by atoms with Crippen LogP contribution in [-0.2, 0) is 9.59 Å². The molecule has 0 saturated carbocycles. The van der Waals surface area contributed by atoms with Crippen LogP contribution in [0.2, 0.25) is 0 Å². The van der Waals surface area contributed by atoms with Crippen molar-refractivity contribution in [2.45, 2.75) is 17.7 Å². The number of carbonyl (C=O) groups excluding carboxylic acids is 2. The Morgan fingerprint density at radius 3 is 3.08 bits per heavy atom. The van der Waals surface area contributed by atoms with Gasteiger partial charge in [-0.05, 0) is 17.9 Å². The van der Waals surface area contributed by atoms with E-state index >= 15 is 0 Å². The van der Waals surface area contributed by atoms with Crippen molar-refractivity contribution in [3.63, 3.8) is 0 Å². The van der Waals surface area contributed by atoms with Crippen LogP contribution in [0.5, 0.6) is 5.75 Å². The van der Waals surface area contributed by atoms with Crippen molar-refractivity contribution in [2.24, 2.45) is 0 Å². The summed E-state index contributed by atoms with van der Waals surface area (Å²) in [5, 5.41) is 11.1. The van der Waals surface area contributed by atoms with Crippen molar-refractivity contribution < 1.29 is 14.3 Å². The number of nitrogens with zero attached hydrogens (tertiary/aromatic N) is 3. The molecule has 126 valence electrons. The molecule has 0 spiro atoms. The van der Waals surface area contributed by atoms with E-state index < -0.39 is 0 Å². The zero-order valence-corrected chi connectivity index (χ0v) is 14.7. The minimum absolute atomic E-state index is 0.00731. The number of fused-ring (bicyclic) bond motifs is 1. The summed E-state index contributed by atoms with van der Waals surface area (Å²) in [6.07, 6.45) is 0.176. The van der Waals surface area contributed by atoms with Crippen LogP contribution in [0.3, 0.4) is 0 Å². The van der Waals surface area contributed by atoms with Gasteiger partial charge in [0.25, 0.3) is 5.91 Å². The third kappa shape index (κ3) is 3.85. The lowest BCUT2D eigenvalue weighted by Gasteiger charge is -2.29.